The van der Waals surface area contributed by atoms with Gasteiger partial charge in [0, 0.05) is 6.92 Å². The normalized spacial score (nSPS) is 30.9. The maximum atomic E-state index is 11.0. The summed E-state index contributed by atoms with van der Waals surface area (Å²) in [6, 6.07) is -0.748. The van der Waals surface area contributed by atoms with Gasteiger partial charge in [0.25, 0.3) is 0 Å². The van der Waals surface area contributed by atoms with Crippen LogP contribution in [0, 0.1) is 0 Å². The van der Waals surface area contributed by atoms with Crippen molar-refractivity contribution in [2.24, 2.45) is 0 Å². The fourth-order valence-corrected chi connectivity index (χ4v) is 3.72. The number of amides is 1. The second kappa shape index (κ2) is 23.7. The third kappa shape index (κ3) is 15.6. The third-order valence-electron chi connectivity index (χ3n) is 6.36. The number of ether oxygens (including phenoxy) is 3. The van der Waals surface area contributed by atoms with E-state index in [9.17, 15) is 25.2 Å². The molecule has 0 bridgehead atoms. The number of hydrogen-bond donors (Lipinski definition) is 8. The lowest BCUT2D eigenvalue weighted by atomic mass is 9.97. The van der Waals surface area contributed by atoms with Crippen LogP contribution in [0.1, 0.15) is 74.7 Å². The van der Waals surface area contributed by atoms with E-state index < -0.39 is 42.7 Å². The summed E-state index contributed by atoms with van der Waals surface area (Å²) in [5, 5.41) is 61.5. The molecule has 2 rings (SSSR count). The lowest BCUT2D eigenvalue weighted by Crippen LogP contribution is -2.61. The van der Waals surface area contributed by atoms with Crippen molar-refractivity contribution in [2.75, 3.05) is 33.0 Å². The lowest BCUT2D eigenvalue weighted by Gasteiger charge is -2.40. The number of rotatable bonds is 10. The summed E-state index contributed by atoms with van der Waals surface area (Å²) in [5.41, 5.74) is 0. The fraction of sp³-hybridized carbons (Fsp3) is 0.963. The fourth-order valence-electron chi connectivity index (χ4n) is 3.72. The van der Waals surface area contributed by atoms with E-state index in [4.69, 9.17) is 24.4 Å². The minimum atomic E-state index is -1.01. The van der Waals surface area contributed by atoms with Gasteiger partial charge >= 0.3 is 0 Å². The first-order chi connectivity index (χ1) is 18.5. The Morgan fingerprint density at radius 2 is 1.38 bits per heavy atom. The molecule has 8 N–H and O–H groups in total. The molecular weight excluding hydrogens is 512 g/mol. The van der Waals surface area contributed by atoms with E-state index in [1.165, 1.54) is 6.92 Å². The summed E-state index contributed by atoms with van der Waals surface area (Å²) in [6.07, 6.45) is -2.15. The predicted molar refractivity (Wildman–Crippen MR) is 149 cm³/mol. The molecule has 236 valence electrons. The quantitative estimate of drug-likeness (QED) is 0.172. The molecule has 2 aliphatic rings. The Labute approximate surface area is 235 Å². The molecule has 2 saturated heterocycles. The number of likely N-dealkylation sites (N-methyl/N-ethyl adjacent to an activating group) is 1. The maximum Gasteiger partial charge on any atom is 0.217 e. The number of carbonyl (C=O) groups is 1. The van der Waals surface area contributed by atoms with Crippen LogP contribution in [0.2, 0.25) is 0 Å². The third-order valence-corrected chi connectivity index (χ3v) is 6.36. The number of aliphatic hydroxyl groups excluding tert-OH is 6. The van der Waals surface area contributed by atoms with Gasteiger partial charge < -0.3 is 55.5 Å². The van der Waals surface area contributed by atoms with Gasteiger partial charge in [-0.2, -0.15) is 0 Å². The maximum absolute atomic E-state index is 11.0. The standard InChI is InChI=1S/C12H23NO5.C8H17NO4.C5H12O.C2H6/c1-4-7(2)18-12-10(5-14)17-6-9(11(12)16)13-8(3)15;1-2-9-5-4-13-6(3-10)8(12)7(5)11;1-3-5(6)4-2;1-2/h7,9-12,14,16H,4-6H2,1-3H3,(H,13,15);5-12H,2-4H2,1H3;5-6H,3-4H2,1-2H3;1-2H3. The summed E-state index contributed by atoms with van der Waals surface area (Å²) in [4.78, 5) is 11.0. The number of hydrogen-bond acceptors (Lipinski definition) is 11. The van der Waals surface area contributed by atoms with Gasteiger partial charge in [-0.3, -0.25) is 4.79 Å². The highest BCUT2D eigenvalue weighted by Gasteiger charge is 2.41. The highest BCUT2D eigenvalue weighted by Crippen LogP contribution is 2.21. The van der Waals surface area contributed by atoms with Gasteiger partial charge in [0.05, 0.1) is 50.7 Å². The SMILES string of the molecule is CC.CCC(C)OC1C(CO)OCC(NC(C)=O)C1O.CCC(O)CC.CCNC1COC(CO)C(O)C1O. The Morgan fingerprint density at radius 3 is 1.79 bits per heavy atom. The predicted octanol–water partition coefficient (Wildman–Crippen LogP) is -0.302. The first-order valence-electron chi connectivity index (χ1n) is 14.3. The molecule has 0 radical (unpaired) electrons. The van der Waals surface area contributed by atoms with Crippen LogP contribution in [0.25, 0.3) is 0 Å². The van der Waals surface area contributed by atoms with Crippen molar-refractivity contribution in [3.05, 3.63) is 0 Å². The Balaban J connectivity index is 0. The minimum Gasteiger partial charge on any atom is -0.394 e. The van der Waals surface area contributed by atoms with E-state index in [-0.39, 0.29) is 44.0 Å². The molecule has 9 unspecified atom stereocenters. The molecule has 12 nitrogen and oxygen atoms in total. The molecule has 0 saturated carbocycles. The van der Waals surface area contributed by atoms with Crippen LogP contribution in [0.5, 0.6) is 0 Å². The highest BCUT2D eigenvalue weighted by molar-refractivity contribution is 5.73. The van der Waals surface area contributed by atoms with Crippen LogP contribution in [0.15, 0.2) is 0 Å². The monoisotopic (exact) mass is 570 g/mol. The summed E-state index contributed by atoms with van der Waals surface area (Å²) in [6.45, 7) is 15.8. The smallest absolute Gasteiger partial charge is 0.217 e. The number of aliphatic hydroxyl groups is 6. The van der Waals surface area contributed by atoms with Gasteiger partial charge in [-0.05, 0) is 32.7 Å². The zero-order valence-electron chi connectivity index (χ0n) is 25.2. The molecule has 9 atom stereocenters. The Morgan fingerprint density at radius 1 is 0.872 bits per heavy atom. The van der Waals surface area contributed by atoms with Crippen LogP contribution in [-0.2, 0) is 19.0 Å². The van der Waals surface area contributed by atoms with Gasteiger partial charge in [-0.25, -0.2) is 0 Å². The van der Waals surface area contributed by atoms with Gasteiger partial charge in [-0.15, -0.1) is 0 Å². The van der Waals surface area contributed by atoms with E-state index in [2.05, 4.69) is 10.6 Å². The largest absolute Gasteiger partial charge is 0.394 e. The van der Waals surface area contributed by atoms with Crippen LogP contribution in [0.4, 0.5) is 0 Å². The Hall–Kier alpha value is -0.930. The van der Waals surface area contributed by atoms with Crippen LogP contribution in [-0.4, -0.2) is 130 Å². The van der Waals surface area contributed by atoms with E-state index in [0.717, 1.165) is 19.3 Å². The summed E-state index contributed by atoms with van der Waals surface area (Å²) < 4.78 is 16.3. The molecule has 2 fully saturated rings. The van der Waals surface area contributed by atoms with Crippen molar-refractivity contribution in [3.63, 3.8) is 0 Å². The second-order valence-corrected chi connectivity index (χ2v) is 9.34. The van der Waals surface area contributed by atoms with Gasteiger partial charge in [0.15, 0.2) is 0 Å². The van der Waals surface area contributed by atoms with E-state index in [1.807, 2.05) is 48.5 Å². The molecule has 0 aromatic carbocycles. The van der Waals surface area contributed by atoms with Crippen molar-refractivity contribution in [2.45, 2.75) is 136 Å². The van der Waals surface area contributed by atoms with E-state index in [0.29, 0.717) is 13.2 Å². The molecule has 12 heteroatoms. The Kier molecular flexibility index (Phi) is 24.5. The zero-order chi connectivity index (χ0) is 30.5. The summed E-state index contributed by atoms with van der Waals surface area (Å²) in [7, 11) is 0. The Bertz CT molecular complexity index is 583. The van der Waals surface area contributed by atoms with Crippen LogP contribution >= 0.6 is 0 Å². The molecule has 0 aromatic heterocycles. The molecule has 0 spiro atoms. The molecule has 1 amide bonds. The number of nitrogens with one attached hydrogen (secondary N) is 2. The van der Waals surface area contributed by atoms with Crippen molar-refractivity contribution in [1.82, 2.24) is 10.6 Å². The van der Waals surface area contributed by atoms with Crippen molar-refractivity contribution in [3.8, 4) is 0 Å². The second-order valence-electron chi connectivity index (χ2n) is 9.34. The van der Waals surface area contributed by atoms with Crippen molar-refractivity contribution >= 4 is 5.91 Å². The summed E-state index contributed by atoms with van der Waals surface area (Å²) >= 11 is 0. The van der Waals surface area contributed by atoms with Crippen molar-refractivity contribution < 1.29 is 49.6 Å². The topological polar surface area (TPSA) is 190 Å². The lowest BCUT2D eigenvalue weighted by molar-refractivity contribution is -0.196. The highest BCUT2D eigenvalue weighted by atomic mass is 16.6. The molecule has 39 heavy (non-hydrogen) atoms. The van der Waals surface area contributed by atoms with Crippen molar-refractivity contribution in [1.29, 1.82) is 0 Å². The summed E-state index contributed by atoms with van der Waals surface area (Å²) in [5.74, 6) is -0.229. The molecular formula is C27H58N2O10. The number of carbonyl (C=O) groups excluding carboxylic acids is 1. The minimum absolute atomic E-state index is 0.0432. The first kappa shape index (κ1) is 40.2. The van der Waals surface area contributed by atoms with Crippen LogP contribution < -0.4 is 10.6 Å². The average molecular weight is 571 g/mol. The van der Waals surface area contributed by atoms with Gasteiger partial charge in [-0.1, -0.05) is 41.5 Å². The molecule has 2 aliphatic heterocycles. The van der Waals surface area contributed by atoms with Crippen LogP contribution in [0.3, 0.4) is 0 Å². The zero-order valence-corrected chi connectivity index (χ0v) is 25.2. The molecule has 0 aliphatic carbocycles. The molecule has 0 aromatic rings. The van der Waals surface area contributed by atoms with Gasteiger partial charge in [0.1, 0.15) is 36.6 Å². The molecule has 2 heterocycles. The first-order valence-corrected chi connectivity index (χ1v) is 14.3. The van der Waals surface area contributed by atoms with Gasteiger partial charge in [0.2, 0.25) is 5.91 Å². The average Bonchev–Trinajstić information content (AvgIpc) is 2.94. The van der Waals surface area contributed by atoms with E-state index >= 15 is 0 Å². The van der Waals surface area contributed by atoms with E-state index in [1.54, 1.807) is 0 Å².